The lowest BCUT2D eigenvalue weighted by Crippen LogP contribution is -2.43. The number of benzene rings is 2. The Kier molecular flexibility index (Phi) is 5.43. The smallest absolute Gasteiger partial charge is 0.246 e. The van der Waals surface area contributed by atoms with Crippen LogP contribution in [0.15, 0.2) is 53.5 Å². The van der Waals surface area contributed by atoms with E-state index in [9.17, 15) is 4.79 Å². The highest BCUT2D eigenvalue weighted by Gasteiger charge is 2.44. The maximum absolute atomic E-state index is 12.7. The van der Waals surface area contributed by atoms with Gasteiger partial charge in [-0.05, 0) is 60.2 Å². The van der Waals surface area contributed by atoms with Crippen LogP contribution in [0.5, 0.6) is 0 Å². The minimum Gasteiger partial charge on any atom is -0.339 e. The van der Waals surface area contributed by atoms with Gasteiger partial charge in [0, 0.05) is 44.7 Å². The van der Waals surface area contributed by atoms with E-state index in [4.69, 9.17) is 23.2 Å². The zero-order chi connectivity index (χ0) is 19.9. The van der Waals surface area contributed by atoms with Crippen LogP contribution in [0.25, 0.3) is 11.6 Å². The molecule has 0 atom stereocenters. The molecule has 1 fully saturated rings. The van der Waals surface area contributed by atoms with E-state index in [1.807, 2.05) is 4.90 Å². The second kappa shape index (κ2) is 7.70. The number of allylic oxidation sites excluding steroid dienone is 1. The van der Waals surface area contributed by atoms with Crippen molar-refractivity contribution in [2.24, 2.45) is 0 Å². The minimum absolute atomic E-state index is 0.00462. The molecule has 0 bridgehead atoms. The first-order chi connectivity index (χ1) is 13.4. The molecule has 0 unspecified atom stereocenters. The average Bonchev–Trinajstić information content (AvgIpc) is 2.94. The lowest BCUT2D eigenvalue weighted by Gasteiger charge is -2.40. The molecule has 2 aromatic rings. The number of carbonyl (C=O) groups is 1. The highest BCUT2D eigenvalue weighted by Crippen LogP contribution is 2.53. The molecule has 0 N–H and O–H groups in total. The van der Waals surface area contributed by atoms with E-state index in [-0.39, 0.29) is 11.3 Å². The van der Waals surface area contributed by atoms with Gasteiger partial charge in [0.1, 0.15) is 0 Å². The van der Waals surface area contributed by atoms with Gasteiger partial charge in [-0.1, -0.05) is 63.9 Å². The Balaban J connectivity index is 1.49. The lowest BCUT2D eigenvalue weighted by atomic mass is 9.73. The minimum atomic E-state index is -0.00462. The first-order valence-electron chi connectivity index (χ1n) is 9.29. The van der Waals surface area contributed by atoms with Crippen molar-refractivity contribution >= 4 is 56.7 Å². The molecular weight excluding hydrogens is 457 g/mol. The van der Waals surface area contributed by atoms with E-state index >= 15 is 0 Å². The van der Waals surface area contributed by atoms with E-state index in [1.54, 1.807) is 30.4 Å². The summed E-state index contributed by atoms with van der Waals surface area (Å²) in [5, 5.41) is 1.08. The number of likely N-dealkylation sites (tertiary alicyclic amines) is 1. The molecule has 1 spiro atoms. The topological polar surface area (TPSA) is 20.3 Å². The van der Waals surface area contributed by atoms with Gasteiger partial charge >= 0.3 is 0 Å². The van der Waals surface area contributed by atoms with Crippen LogP contribution in [0.3, 0.4) is 0 Å². The number of nitrogens with zero attached hydrogens (tertiary/aromatic N) is 1. The van der Waals surface area contributed by atoms with Gasteiger partial charge in [0.25, 0.3) is 0 Å². The van der Waals surface area contributed by atoms with Crippen molar-refractivity contribution in [2.45, 2.75) is 24.7 Å². The molecule has 2 nitrogen and oxygen atoms in total. The predicted octanol–water partition coefficient (Wildman–Crippen LogP) is 6.75. The predicted molar refractivity (Wildman–Crippen MR) is 121 cm³/mol. The summed E-state index contributed by atoms with van der Waals surface area (Å²) in [6, 6.07) is 11.7. The number of fused-ring (bicyclic) bond motifs is 2. The van der Waals surface area contributed by atoms with E-state index in [0.29, 0.717) is 15.6 Å². The summed E-state index contributed by atoms with van der Waals surface area (Å²) in [6.07, 6.45) is 6.13. The van der Waals surface area contributed by atoms with Crippen LogP contribution in [0.4, 0.5) is 0 Å². The number of amides is 1. The molecule has 0 saturated carbocycles. The summed E-state index contributed by atoms with van der Waals surface area (Å²) in [7, 11) is 0. The summed E-state index contributed by atoms with van der Waals surface area (Å²) in [5.41, 5.74) is 4.59. The molecule has 2 aliphatic rings. The van der Waals surface area contributed by atoms with Gasteiger partial charge in [0.05, 0.1) is 0 Å². The Morgan fingerprint density at radius 3 is 2.43 bits per heavy atom. The maximum Gasteiger partial charge on any atom is 0.246 e. The molecule has 1 amide bonds. The van der Waals surface area contributed by atoms with Crippen molar-refractivity contribution < 1.29 is 4.79 Å². The van der Waals surface area contributed by atoms with Crippen molar-refractivity contribution in [3.63, 3.8) is 0 Å². The fraction of sp³-hybridized carbons (Fsp3) is 0.261. The van der Waals surface area contributed by atoms with Gasteiger partial charge in [-0.3, -0.25) is 4.79 Å². The summed E-state index contributed by atoms with van der Waals surface area (Å²) in [5.74, 6) is -0.00462. The van der Waals surface area contributed by atoms with Crippen molar-refractivity contribution in [3.8, 4) is 0 Å². The molecule has 0 radical (unpaired) electrons. The molecule has 1 heterocycles. The van der Waals surface area contributed by atoms with Crippen LogP contribution in [0, 0.1) is 0 Å². The number of rotatable bonds is 2. The number of hydrogen-bond donors (Lipinski definition) is 0. The van der Waals surface area contributed by atoms with Gasteiger partial charge in [0.15, 0.2) is 0 Å². The standard InChI is InChI=1S/C23H20BrCl2NO/c1-15-14-23(22-16(15)4-2-5-18(22)24)10-12-27(13-11-23)21(28)9-8-17-19(25)6-3-7-20(17)26/h2-9H,1,10-14H2/b9-8+. The quantitative estimate of drug-likeness (QED) is 0.439. The molecule has 2 aromatic carbocycles. The number of carbonyl (C=O) groups excluding carboxylic acids is 1. The maximum atomic E-state index is 12.7. The molecular formula is C23H20BrCl2NO. The lowest BCUT2D eigenvalue weighted by molar-refractivity contribution is -0.127. The normalized spacial score (nSPS) is 18.1. The Morgan fingerprint density at radius 2 is 1.75 bits per heavy atom. The van der Waals surface area contributed by atoms with Crippen LogP contribution in [0.2, 0.25) is 10.0 Å². The summed E-state index contributed by atoms with van der Waals surface area (Å²) in [6.45, 7) is 5.74. The van der Waals surface area contributed by atoms with E-state index in [0.717, 1.165) is 36.8 Å². The van der Waals surface area contributed by atoms with Gasteiger partial charge < -0.3 is 4.90 Å². The van der Waals surface area contributed by atoms with Crippen molar-refractivity contribution in [1.82, 2.24) is 4.90 Å². The Morgan fingerprint density at radius 1 is 1.11 bits per heavy atom. The third-order valence-corrected chi connectivity index (χ3v) is 7.22. The molecule has 1 saturated heterocycles. The molecule has 144 valence electrons. The third kappa shape index (κ3) is 3.45. The van der Waals surface area contributed by atoms with Gasteiger partial charge in [0.2, 0.25) is 5.91 Å². The Labute approximate surface area is 184 Å². The van der Waals surface area contributed by atoms with Crippen molar-refractivity contribution in [1.29, 1.82) is 0 Å². The number of halogens is 3. The molecule has 4 rings (SSSR count). The largest absolute Gasteiger partial charge is 0.339 e. The zero-order valence-electron chi connectivity index (χ0n) is 15.4. The molecule has 1 aliphatic carbocycles. The molecule has 0 aromatic heterocycles. The summed E-state index contributed by atoms with van der Waals surface area (Å²) in [4.78, 5) is 14.6. The van der Waals surface area contributed by atoms with Crippen LogP contribution >= 0.6 is 39.1 Å². The molecule has 1 aliphatic heterocycles. The number of hydrogen-bond acceptors (Lipinski definition) is 1. The van der Waals surface area contributed by atoms with Crippen LogP contribution in [0.1, 0.15) is 36.0 Å². The van der Waals surface area contributed by atoms with E-state index in [2.05, 4.69) is 40.7 Å². The van der Waals surface area contributed by atoms with E-state index in [1.165, 1.54) is 16.7 Å². The average molecular weight is 477 g/mol. The fourth-order valence-electron chi connectivity index (χ4n) is 4.46. The Bertz CT molecular complexity index is 970. The second-order valence-corrected chi connectivity index (χ2v) is 9.19. The summed E-state index contributed by atoms with van der Waals surface area (Å²) >= 11 is 16.1. The molecule has 28 heavy (non-hydrogen) atoms. The van der Waals surface area contributed by atoms with Gasteiger partial charge in [-0.15, -0.1) is 0 Å². The summed E-state index contributed by atoms with van der Waals surface area (Å²) < 4.78 is 1.15. The van der Waals surface area contributed by atoms with Crippen molar-refractivity contribution in [2.75, 3.05) is 13.1 Å². The Hall–Kier alpha value is -1.55. The number of piperidine rings is 1. The second-order valence-electron chi connectivity index (χ2n) is 7.52. The molecule has 5 heteroatoms. The SMILES string of the molecule is C=C1CC2(CCN(C(=O)/C=C/c3c(Cl)cccc3Cl)CC2)c2c(Br)cccc21. The van der Waals surface area contributed by atoms with Crippen LogP contribution < -0.4 is 0 Å². The highest BCUT2D eigenvalue weighted by atomic mass is 79.9. The van der Waals surface area contributed by atoms with Crippen LogP contribution in [-0.2, 0) is 10.2 Å². The first kappa shape index (κ1) is 19.8. The van der Waals surface area contributed by atoms with Crippen LogP contribution in [-0.4, -0.2) is 23.9 Å². The first-order valence-corrected chi connectivity index (χ1v) is 10.8. The third-order valence-electron chi connectivity index (χ3n) is 5.90. The van der Waals surface area contributed by atoms with Gasteiger partial charge in [-0.2, -0.15) is 0 Å². The van der Waals surface area contributed by atoms with Crippen molar-refractivity contribution in [3.05, 3.63) is 80.3 Å². The van der Waals surface area contributed by atoms with E-state index < -0.39 is 0 Å². The zero-order valence-corrected chi connectivity index (χ0v) is 18.4. The fourth-order valence-corrected chi connectivity index (χ4v) is 5.77. The van der Waals surface area contributed by atoms with Gasteiger partial charge in [-0.25, -0.2) is 0 Å². The highest BCUT2D eigenvalue weighted by molar-refractivity contribution is 9.10. The monoisotopic (exact) mass is 475 g/mol.